The van der Waals surface area contributed by atoms with Crippen LogP contribution >= 0.6 is 0 Å². The van der Waals surface area contributed by atoms with Crippen LogP contribution in [-0.2, 0) is 4.74 Å². The summed E-state index contributed by atoms with van der Waals surface area (Å²) < 4.78 is 5.74. The van der Waals surface area contributed by atoms with E-state index in [1.165, 1.54) is 57.0 Å². The van der Waals surface area contributed by atoms with Gasteiger partial charge < -0.3 is 9.84 Å². The van der Waals surface area contributed by atoms with Gasteiger partial charge in [-0.1, -0.05) is 85.8 Å². The Bertz CT molecular complexity index is 691. The molecule has 2 nitrogen and oxygen atoms in total. The minimum absolute atomic E-state index is 0.0244. The van der Waals surface area contributed by atoms with Gasteiger partial charge in [0.05, 0.1) is 34.5 Å². The van der Waals surface area contributed by atoms with Crippen LogP contribution in [0, 0.1) is 11.8 Å². The van der Waals surface area contributed by atoms with E-state index in [2.05, 4.69) is 50.5 Å². The average Bonchev–Trinajstić information content (AvgIpc) is 3.51. The van der Waals surface area contributed by atoms with Gasteiger partial charge in [-0.15, -0.1) is 0 Å². The molecule has 3 unspecified atom stereocenters. The van der Waals surface area contributed by atoms with Gasteiger partial charge in [0.1, 0.15) is 0 Å². The van der Waals surface area contributed by atoms with Gasteiger partial charge >= 0.3 is 0 Å². The lowest BCUT2D eigenvalue weighted by Gasteiger charge is -2.30. The van der Waals surface area contributed by atoms with Crippen molar-refractivity contribution in [1.29, 1.82) is 0 Å². The van der Waals surface area contributed by atoms with Crippen LogP contribution in [0.25, 0.3) is 0 Å². The minimum Gasteiger partial charge on any atom is -0.393 e. The standard InChI is InChI=1S/C26H44O2Si2/c1-29(2,17-15-20-5-8-22(27)9-6-20)23-10-12-24(13-11-23)30(3,4)18-16-21-7-14-25-26(19-21)28-25/h10-13,20-22,25-27H,5-9,14-19H2,1-4H3. The smallest absolute Gasteiger partial charge is 0.0844 e. The molecular formula is C26H44O2Si2. The first-order chi connectivity index (χ1) is 14.2. The Labute approximate surface area is 186 Å². The van der Waals surface area contributed by atoms with E-state index in [0.29, 0.717) is 12.2 Å². The van der Waals surface area contributed by atoms with Crippen LogP contribution in [0.1, 0.15) is 57.8 Å². The van der Waals surface area contributed by atoms with E-state index in [1.54, 1.807) is 10.4 Å². The van der Waals surface area contributed by atoms with Crippen molar-refractivity contribution in [3.05, 3.63) is 24.3 Å². The van der Waals surface area contributed by atoms with Crippen molar-refractivity contribution >= 4 is 26.5 Å². The molecule has 0 spiro atoms. The Morgan fingerprint density at radius 1 is 0.733 bits per heavy atom. The number of fused-ring (bicyclic) bond motifs is 1. The molecule has 168 valence electrons. The van der Waals surface area contributed by atoms with E-state index in [0.717, 1.165) is 24.7 Å². The number of rotatable bonds is 8. The summed E-state index contributed by atoms with van der Waals surface area (Å²) in [6.07, 6.45) is 12.6. The SMILES string of the molecule is C[Si](C)(CCC1CCC(O)CC1)c1ccc([Si](C)(C)CCC2CCC3OC3C2)cc1. The summed E-state index contributed by atoms with van der Waals surface area (Å²) in [5.74, 6) is 1.76. The molecule has 0 amide bonds. The number of ether oxygens (including phenoxy) is 1. The Kier molecular flexibility index (Phi) is 6.98. The molecule has 0 bridgehead atoms. The van der Waals surface area contributed by atoms with Gasteiger partial charge in [0.15, 0.2) is 0 Å². The van der Waals surface area contributed by atoms with Crippen molar-refractivity contribution in [1.82, 2.24) is 0 Å². The van der Waals surface area contributed by atoms with E-state index in [-0.39, 0.29) is 6.10 Å². The zero-order valence-corrected chi connectivity index (χ0v) is 21.8. The number of hydrogen-bond donors (Lipinski definition) is 1. The zero-order valence-electron chi connectivity index (χ0n) is 19.8. The molecule has 0 aromatic heterocycles. The maximum atomic E-state index is 9.76. The summed E-state index contributed by atoms with van der Waals surface area (Å²) in [7, 11) is -2.73. The maximum absolute atomic E-state index is 9.76. The number of epoxide rings is 1. The second kappa shape index (κ2) is 9.21. The van der Waals surface area contributed by atoms with Crippen LogP contribution in [-0.4, -0.2) is 39.6 Å². The van der Waals surface area contributed by atoms with Gasteiger partial charge in [0.25, 0.3) is 0 Å². The van der Waals surface area contributed by atoms with Crippen molar-refractivity contribution in [2.75, 3.05) is 0 Å². The Balaban J connectivity index is 1.29. The largest absolute Gasteiger partial charge is 0.393 e. The van der Waals surface area contributed by atoms with E-state index < -0.39 is 16.1 Å². The number of benzene rings is 1. The summed E-state index contributed by atoms with van der Waals surface area (Å²) in [5.41, 5.74) is 0. The highest BCUT2D eigenvalue weighted by molar-refractivity contribution is 6.91. The average molecular weight is 445 g/mol. The minimum atomic E-state index is -1.37. The molecule has 1 aliphatic heterocycles. The molecule has 0 radical (unpaired) electrons. The monoisotopic (exact) mass is 444 g/mol. The number of aliphatic hydroxyl groups is 1. The second-order valence-corrected chi connectivity index (χ2v) is 21.7. The van der Waals surface area contributed by atoms with Gasteiger partial charge in [-0.3, -0.25) is 0 Å². The molecule has 3 aliphatic rings. The van der Waals surface area contributed by atoms with Gasteiger partial charge in [0, 0.05) is 0 Å². The summed E-state index contributed by atoms with van der Waals surface area (Å²) in [5, 5.41) is 13.0. The van der Waals surface area contributed by atoms with E-state index >= 15 is 0 Å². The summed E-state index contributed by atoms with van der Waals surface area (Å²) in [6.45, 7) is 10.2. The second-order valence-electron chi connectivity index (χ2n) is 12.0. The Hall–Kier alpha value is -0.426. The maximum Gasteiger partial charge on any atom is 0.0844 e. The highest BCUT2D eigenvalue weighted by Crippen LogP contribution is 2.41. The topological polar surface area (TPSA) is 32.8 Å². The first-order valence-corrected chi connectivity index (χ1v) is 19.1. The van der Waals surface area contributed by atoms with E-state index in [9.17, 15) is 5.11 Å². The van der Waals surface area contributed by atoms with Crippen molar-refractivity contribution in [2.24, 2.45) is 11.8 Å². The summed E-state index contributed by atoms with van der Waals surface area (Å²) >= 11 is 0. The van der Waals surface area contributed by atoms with Crippen LogP contribution in [0.15, 0.2) is 24.3 Å². The fourth-order valence-corrected chi connectivity index (χ4v) is 10.9. The molecule has 30 heavy (non-hydrogen) atoms. The third kappa shape index (κ3) is 5.68. The molecule has 3 fully saturated rings. The Morgan fingerprint density at radius 2 is 1.23 bits per heavy atom. The van der Waals surface area contributed by atoms with E-state index in [1.807, 2.05) is 0 Å². The lowest BCUT2D eigenvalue weighted by molar-refractivity contribution is 0.108. The predicted molar refractivity (Wildman–Crippen MR) is 133 cm³/mol. The number of hydrogen-bond acceptors (Lipinski definition) is 2. The lowest BCUT2D eigenvalue weighted by atomic mass is 9.86. The highest BCUT2D eigenvalue weighted by atomic mass is 28.3. The van der Waals surface area contributed by atoms with Crippen LogP contribution < -0.4 is 10.4 Å². The number of aliphatic hydroxyl groups excluding tert-OH is 1. The molecule has 1 heterocycles. The van der Waals surface area contributed by atoms with E-state index in [4.69, 9.17) is 4.74 Å². The van der Waals surface area contributed by atoms with Gasteiger partial charge in [0.2, 0.25) is 0 Å². The molecule has 4 heteroatoms. The molecule has 2 aliphatic carbocycles. The summed E-state index contributed by atoms with van der Waals surface area (Å²) in [6, 6.07) is 12.8. The third-order valence-corrected chi connectivity index (χ3v) is 15.6. The third-order valence-electron chi connectivity index (χ3n) is 8.73. The normalized spacial score (nSPS) is 32.0. The fourth-order valence-electron chi connectivity index (χ4n) is 5.97. The van der Waals surface area contributed by atoms with Crippen LogP contribution in [0.5, 0.6) is 0 Å². The van der Waals surface area contributed by atoms with Gasteiger partial charge in [-0.05, 0) is 56.8 Å². The first-order valence-electron chi connectivity index (χ1n) is 12.7. The molecule has 4 rings (SSSR count). The van der Waals surface area contributed by atoms with Crippen molar-refractivity contribution in [3.8, 4) is 0 Å². The van der Waals surface area contributed by atoms with Gasteiger partial charge in [-0.2, -0.15) is 0 Å². The van der Waals surface area contributed by atoms with Crippen molar-refractivity contribution in [3.63, 3.8) is 0 Å². The van der Waals surface area contributed by atoms with Crippen LogP contribution in [0.4, 0.5) is 0 Å². The molecular weight excluding hydrogens is 400 g/mol. The molecule has 2 saturated carbocycles. The van der Waals surface area contributed by atoms with Crippen LogP contribution in [0.2, 0.25) is 38.3 Å². The zero-order chi connectivity index (χ0) is 21.4. The van der Waals surface area contributed by atoms with Crippen molar-refractivity contribution in [2.45, 2.75) is 114 Å². The fraction of sp³-hybridized carbons (Fsp3) is 0.769. The molecule has 1 aromatic carbocycles. The summed E-state index contributed by atoms with van der Waals surface area (Å²) in [4.78, 5) is 0. The predicted octanol–water partition coefficient (Wildman–Crippen LogP) is 5.42. The molecule has 1 saturated heterocycles. The van der Waals surface area contributed by atoms with Crippen LogP contribution in [0.3, 0.4) is 0 Å². The molecule has 3 atom stereocenters. The highest BCUT2D eigenvalue weighted by Gasteiger charge is 2.43. The molecule has 1 N–H and O–H groups in total. The first kappa shape index (κ1) is 22.8. The van der Waals surface area contributed by atoms with Crippen molar-refractivity contribution < 1.29 is 9.84 Å². The quantitative estimate of drug-likeness (QED) is 0.429. The lowest BCUT2D eigenvalue weighted by Crippen LogP contribution is -2.45. The van der Waals surface area contributed by atoms with Gasteiger partial charge in [-0.25, -0.2) is 0 Å². The molecule has 1 aromatic rings. The Morgan fingerprint density at radius 3 is 1.77 bits per heavy atom.